The van der Waals surface area contributed by atoms with Crippen LogP contribution in [0.4, 0.5) is 0 Å². The average Bonchev–Trinajstić information content (AvgIpc) is 3.32. The van der Waals surface area contributed by atoms with E-state index in [9.17, 15) is 14.4 Å². The van der Waals surface area contributed by atoms with Gasteiger partial charge in [-0.1, -0.05) is 317 Å². The molecule has 6 nitrogen and oxygen atoms in total. The Kier molecular flexibility index (Phi) is 54.4. The van der Waals surface area contributed by atoms with Gasteiger partial charge in [-0.05, 0) is 31.1 Å². The molecule has 0 aliphatic rings. The molecular weight excluding hydrogens is 853 g/mol. The molecule has 0 fully saturated rings. The zero-order valence-electron chi connectivity index (χ0n) is 47.5. The normalized spacial score (nSPS) is 12.0. The lowest BCUT2D eigenvalue weighted by Gasteiger charge is -2.18. The van der Waals surface area contributed by atoms with Crippen molar-refractivity contribution in [3.8, 4) is 0 Å². The van der Waals surface area contributed by atoms with E-state index < -0.39 is 6.10 Å². The molecule has 0 aromatic carbocycles. The Morgan fingerprint density at radius 3 is 0.710 bits per heavy atom. The van der Waals surface area contributed by atoms with Crippen molar-refractivity contribution in [1.29, 1.82) is 0 Å². The molecule has 0 aliphatic heterocycles. The first-order valence-corrected chi connectivity index (χ1v) is 31.2. The van der Waals surface area contributed by atoms with Crippen molar-refractivity contribution in [3.05, 3.63) is 0 Å². The summed E-state index contributed by atoms with van der Waals surface area (Å²) in [4.78, 5) is 38.2. The van der Waals surface area contributed by atoms with Gasteiger partial charge in [0, 0.05) is 19.3 Å². The molecule has 0 saturated carbocycles. The van der Waals surface area contributed by atoms with Gasteiger partial charge in [0.25, 0.3) is 0 Å². The van der Waals surface area contributed by atoms with E-state index in [1.54, 1.807) is 0 Å². The van der Waals surface area contributed by atoms with Crippen molar-refractivity contribution in [1.82, 2.24) is 0 Å². The van der Waals surface area contributed by atoms with Gasteiger partial charge < -0.3 is 14.2 Å². The van der Waals surface area contributed by atoms with Crippen LogP contribution in [-0.4, -0.2) is 37.2 Å². The van der Waals surface area contributed by atoms with Gasteiger partial charge in [-0.15, -0.1) is 0 Å². The number of carbonyl (C=O) groups excluding carboxylic acids is 3. The predicted octanol–water partition coefficient (Wildman–Crippen LogP) is 20.8. The zero-order valence-corrected chi connectivity index (χ0v) is 47.5. The Labute approximate surface area is 431 Å². The molecular formula is C63H122O6. The van der Waals surface area contributed by atoms with Crippen LogP contribution in [0.1, 0.15) is 356 Å². The number of ether oxygens (including phenoxy) is 3. The SMILES string of the molecule is CCCCCCCCCCCCCCCCCCC(=O)O[C@H](COC(=O)CCCCCCCCCCCCCCCCCCCCC(C)C)COC(=O)CCCCCCCCCCCCCC(C)C. The molecule has 0 heterocycles. The molecule has 6 heteroatoms. The summed E-state index contributed by atoms with van der Waals surface area (Å²) in [6.07, 6.45) is 61.0. The van der Waals surface area contributed by atoms with Gasteiger partial charge in [-0.3, -0.25) is 14.4 Å². The maximum atomic E-state index is 12.9. The summed E-state index contributed by atoms with van der Waals surface area (Å²) in [6.45, 7) is 11.4. The standard InChI is InChI=1S/C63H122O6/c1-6-7-8-9-10-11-12-13-14-20-24-29-35-40-45-50-55-63(66)69-60(57-68-62(65)54-49-44-39-34-30-25-27-32-37-42-47-52-59(4)5)56-67-61(64)53-48-43-38-33-28-23-21-18-16-15-17-19-22-26-31-36-41-46-51-58(2)3/h58-60H,6-57H2,1-5H3/t60-/m1/s1. The molecule has 0 radical (unpaired) electrons. The minimum absolute atomic E-state index is 0.0621. The molecule has 0 rings (SSSR count). The third-order valence-corrected chi connectivity index (χ3v) is 14.5. The molecule has 0 unspecified atom stereocenters. The molecule has 0 aliphatic carbocycles. The molecule has 69 heavy (non-hydrogen) atoms. The Morgan fingerprint density at radius 1 is 0.275 bits per heavy atom. The van der Waals surface area contributed by atoms with Gasteiger partial charge in [0.2, 0.25) is 0 Å². The van der Waals surface area contributed by atoms with Crippen LogP contribution in [0.15, 0.2) is 0 Å². The highest BCUT2D eigenvalue weighted by atomic mass is 16.6. The number of hydrogen-bond donors (Lipinski definition) is 0. The van der Waals surface area contributed by atoms with Crippen LogP contribution in [0.25, 0.3) is 0 Å². The molecule has 410 valence electrons. The van der Waals surface area contributed by atoms with Crippen LogP contribution in [0, 0.1) is 11.8 Å². The number of esters is 3. The highest BCUT2D eigenvalue weighted by Crippen LogP contribution is 2.19. The second-order valence-corrected chi connectivity index (χ2v) is 22.6. The van der Waals surface area contributed by atoms with Crippen molar-refractivity contribution in [2.75, 3.05) is 13.2 Å². The van der Waals surface area contributed by atoms with Crippen LogP contribution < -0.4 is 0 Å². The first-order valence-electron chi connectivity index (χ1n) is 31.2. The summed E-state index contributed by atoms with van der Waals surface area (Å²) in [5.41, 5.74) is 0. The molecule has 0 aromatic heterocycles. The fourth-order valence-corrected chi connectivity index (χ4v) is 9.76. The quantitative estimate of drug-likeness (QED) is 0.0343. The Morgan fingerprint density at radius 2 is 0.478 bits per heavy atom. The fraction of sp³-hybridized carbons (Fsp3) is 0.952. The summed E-state index contributed by atoms with van der Waals surface area (Å²) in [5.74, 6) is 0.852. The number of hydrogen-bond acceptors (Lipinski definition) is 6. The van der Waals surface area contributed by atoms with Crippen LogP contribution in [0.5, 0.6) is 0 Å². The number of unbranched alkanes of at least 4 members (excludes halogenated alkanes) is 42. The second kappa shape index (κ2) is 55.7. The van der Waals surface area contributed by atoms with Gasteiger partial charge in [-0.2, -0.15) is 0 Å². The predicted molar refractivity (Wildman–Crippen MR) is 298 cm³/mol. The minimum Gasteiger partial charge on any atom is -0.462 e. The molecule has 1 atom stereocenters. The van der Waals surface area contributed by atoms with Crippen molar-refractivity contribution < 1.29 is 28.6 Å². The van der Waals surface area contributed by atoms with E-state index in [1.807, 2.05) is 0 Å². The van der Waals surface area contributed by atoms with Crippen molar-refractivity contribution in [3.63, 3.8) is 0 Å². The first kappa shape index (κ1) is 67.4. The lowest BCUT2D eigenvalue weighted by Crippen LogP contribution is -2.30. The summed E-state index contributed by atoms with van der Waals surface area (Å²) in [6, 6.07) is 0. The van der Waals surface area contributed by atoms with E-state index in [1.165, 1.54) is 244 Å². The molecule has 0 saturated heterocycles. The Hall–Kier alpha value is -1.59. The van der Waals surface area contributed by atoms with Gasteiger partial charge in [0.1, 0.15) is 13.2 Å². The van der Waals surface area contributed by atoms with Gasteiger partial charge in [-0.25, -0.2) is 0 Å². The van der Waals surface area contributed by atoms with E-state index in [0.29, 0.717) is 19.3 Å². The summed E-state index contributed by atoms with van der Waals surface area (Å²) in [7, 11) is 0. The maximum Gasteiger partial charge on any atom is 0.306 e. The number of rotatable bonds is 57. The smallest absolute Gasteiger partial charge is 0.306 e. The highest BCUT2D eigenvalue weighted by Gasteiger charge is 2.19. The van der Waals surface area contributed by atoms with Gasteiger partial charge >= 0.3 is 17.9 Å². The summed E-state index contributed by atoms with van der Waals surface area (Å²) in [5, 5.41) is 0. The minimum atomic E-state index is -0.763. The average molecular weight is 976 g/mol. The largest absolute Gasteiger partial charge is 0.462 e. The van der Waals surface area contributed by atoms with E-state index in [4.69, 9.17) is 14.2 Å². The van der Waals surface area contributed by atoms with E-state index in [2.05, 4.69) is 34.6 Å². The zero-order chi connectivity index (χ0) is 50.4. The van der Waals surface area contributed by atoms with Crippen LogP contribution in [0.3, 0.4) is 0 Å². The molecule has 0 spiro atoms. The summed E-state index contributed by atoms with van der Waals surface area (Å²) < 4.78 is 16.9. The molecule has 0 amide bonds. The lowest BCUT2D eigenvalue weighted by molar-refractivity contribution is -0.167. The second-order valence-electron chi connectivity index (χ2n) is 22.6. The Bertz CT molecular complexity index is 1060. The van der Waals surface area contributed by atoms with Crippen LogP contribution in [-0.2, 0) is 28.6 Å². The monoisotopic (exact) mass is 975 g/mol. The van der Waals surface area contributed by atoms with Gasteiger partial charge in [0.05, 0.1) is 0 Å². The van der Waals surface area contributed by atoms with Crippen LogP contribution >= 0.6 is 0 Å². The molecule has 0 aromatic rings. The van der Waals surface area contributed by atoms with E-state index >= 15 is 0 Å². The van der Waals surface area contributed by atoms with E-state index in [-0.39, 0.29) is 31.1 Å². The van der Waals surface area contributed by atoms with Crippen molar-refractivity contribution in [2.24, 2.45) is 11.8 Å². The van der Waals surface area contributed by atoms with Crippen molar-refractivity contribution >= 4 is 17.9 Å². The topological polar surface area (TPSA) is 78.9 Å². The third kappa shape index (κ3) is 57.2. The van der Waals surface area contributed by atoms with E-state index in [0.717, 1.165) is 69.6 Å². The van der Waals surface area contributed by atoms with Gasteiger partial charge in [0.15, 0.2) is 6.10 Å². The Balaban J connectivity index is 4.26. The van der Waals surface area contributed by atoms with Crippen molar-refractivity contribution in [2.45, 2.75) is 362 Å². The molecule has 0 bridgehead atoms. The third-order valence-electron chi connectivity index (χ3n) is 14.5. The summed E-state index contributed by atoms with van der Waals surface area (Å²) >= 11 is 0. The number of carbonyl (C=O) groups is 3. The first-order chi connectivity index (χ1) is 33.7. The highest BCUT2D eigenvalue weighted by molar-refractivity contribution is 5.71. The lowest BCUT2D eigenvalue weighted by atomic mass is 10.0. The maximum absolute atomic E-state index is 12.9. The molecule has 0 N–H and O–H groups in total. The van der Waals surface area contributed by atoms with Crippen LogP contribution in [0.2, 0.25) is 0 Å². The fourth-order valence-electron chi connectivity index (χ4n) is 9.76.